The number of nitrogens with one attached hydrogen (secondary N) is 2. The van der Waals surface area contributed by atoms with E-state index < -0.39 is 0 Å². The average molecular weight is 341 g/mol. The molecule has 6 heteroatoms. The Morgan fingerprint density at radius 3 is 2.36 bits per heavy atom. The Morgan fingerprint density at radius 2 is 1.72 bits per heavy atom. The van der Waals surface area contributed by atoms with Gasteiger partial charge in [0.05, 0.1) is 5.69 Å². The van der Waals surface area contributed by atoms with Gasteiger partial charge in [-0.3, -0.25) is 5.32 Å². The highest BCUT2D eigenvalue weighted by atomic mass is 16.2. The summed E-state index contributed by atoms with van der Waals surface area (Å²) in [7, 11) is 2.11. The Morgan fingerprint density at radius 1 is 1.08 bits per heavy atom. The van der Waals surface area contributed by atoms with E-state index in [9.17, 15) is 4.79 Å². The molecular formula is C19H27N5O. The molecule has 2 amide bonds. The monoisotopic (exact) mass is 341 g/mol. The quantitative estimate of drug-likeness (QED) is 0.902. The van der Waals surface area contributed by atoms with Crippen molar-refractivity contribution in [3.8, 4) is 5.69 Å². The lowest BCUT2D eigenvalue weighted by atomic mass is 10.1. The van der Waals surface area contributed by atoms with Crippen molar-refractivity contribution in [1.29, 1.82) is 0 Å². The summed E-state index contributed by atoms with van der Waals surface area (Å²) in [6.45, 7) is 8.18. The molecule has 6 nitrogen and oxygen atoms in total. The first-order valence-electron chi connectivity index (χ1n) is 8.82. The number of hydrogen-bond acceptors (Lipinski definition) is 3. The number of urea groups is 1. The summed E-state index contributed by atoms with van der Waals surface area (Å²) in [6.07, 6.45) is 1.97. The van der Waals surface area contributed by atoms with Crippen LogP contribution in [0.2, 0.25) is 0 Å². The Bertz CT molecular complexity index is 739. The summed E-state index contributed by atoms with van der Waals surface area (Å²) in [5.41, 5.74) is 4.39. The highest BCUT2D eigenvalue weighted by molar-refractivity contribution is 5.88. The van der Waals surface area contributed by atoms with Crippen molar-refractivity contribution in [2.24, 2.45) is 0 Å². The first kappa shape index (κ1) is 17.5. The number of carbonyl (C=O) groups excluding carboxylic acids is 1. The lowest BCUT2D eigenvalue weighted by molar-refractivity contribution is 0.221. The van der Waals surface area contributed by atoms with Crippen LogP contribution in [-0.2, 0) is 0 Å². The van der Waals surface area contributed by atoms with Crippen molar-refractivity contribution < 1.29 is 4.79 Å². The molecule has 0 aliphatic carbocycles. The van der Waals surface area contributed by atoms with Crippen molar-refractivity contribution >= 4 is 11.8 Å². The fraction of sp³-hybridized carbons (Fsp3) is 0.474. The summed E-state index contributed by atoms with van der Waals surface area (Å²) in [6, 6.07) is 8.27. The van der Waals surface area contributed by atoms with Crippen LogP contribution in [0.25, 0.3) is 5.69 Å². The van der Waals surface area contributed by atoms with E-state index in [0.717, 1.165) is 37.3 Å². The number of carbonyl (C=O) groups is 1. The largest absolute Gasteiger partial charge is 0.335 e. The van der Waals surface area contributed by atoms with Gasteiger partial charge in [0.15, 0.2) is 5.82 Å². The molecule has 134 valence electrons. The van der Waals surface area contributed by atoms with Crippen molar-refractivity contribution in [2.75, 3.05) is 25.5 Å². The number of aromatic nitrogens is 2. The zero-order valence-corrected chi connectivity index (χ0v) is 15.5. The van der Waals surface area contributed by atoms with Crippen LogP contribution in [-0.4, -0.2) is 46.9 Å². The summed E-state index contributed by atoms with van der Waals surface area (Å²) >= 11 is 0. The molecule has 0 atom stereocenters. The number of likely N-dealkylation sites (tertiary alicyclic amines) is 1. The van der Waals surface area contributed by atoms with Gasteiger partial charge in [-0.15, -0.1) is 5.10 Å². The third-order valence-electron chi connectivity index (χ3n) is 4.63. The first-order chi connectivity index (χ1) is 11.9. The van der Waals surface area contributed by atoms with Gasteiger partial charge in [0.2, 0.25) is 0 Å². The van der Waals surface area contributed by atoms with Gasteiger partial charge >= 0.3 is 6.03 Å². The van der Waals surface area contributed by atoms with E-state index in [4.69, 9.17) is 0 Å². The van der Waals surface area contributed by atoms with E-state index in [1.54, 1.807) is 0 Å². The number of anilines is 1. The molecule has 2 aromatic rings. The van der Waals surface area contributed by atoms with E-state index >= 15 is 0 Å². The number of piperidine rings is 1. The van der Waals surface area contributed by atoms with E-state index in [1.165, 1.54) is 11.1 Å². The number of rotatable bonds is 3. The van der Waals surface area contributed by atoms with Gasteiger partial charge in [-0.1, -0.05) is 6.07 Å². The Kier molecular flexibility index (Phi) is 5.08. The summed E-state index contributed by atoms with van der Waals surface area (Å²) in [5.74, 6) is 0.571. The van der Waals surface area contributed by atoms with E-state index in [-0.39, 0.29) is 12.1 Å². The SMILES string of the molecule is Cc1cc(C)cc(-n2nc(NC(=O)NC3CCN(C)CC3)cc2C)c1. The predicted octanol–water partition coefficient (Wildman–Crippen LogP) is 3.01. The van der Waals surface area contributed by atoms with Crippen LogP contribution in [0.5, 0.6) is 0 Å². The van der Waals surface area contributed by atoms with Gasteiger partial charge in [0, 0.05) is 17.8 Å². The number of aryl methyl sites for hydroxylation is 3. The standard InChI is InChI=1S/C19H27N5O/c1-13-9-14(2)11-17(10-13)24-15(3)12-18(22-24)21-19(25)20-16-5-7-23(4)8-6-16/h9-12,16H,5-8H2,1-4H3,(H2,20,21,22,25). The van der Waals surface area contributed by atoms with Crippen LogP contribution in [0.3, 0.4) is 0 Å². The normalized spacial score (nSPS) is 16.0. The average Bonchev–Trinajstić information content (AvgIpc) is 2.89. The maximum absolute atomic E-state index is 12.2. The minimum atomic E-state index is -0.181. The van der Waals surface area contributed by atoms with E-state index in [1.807, 2.05) is 17.7 Å². The zero-order valence-electron chi connectivity index (χ0n) is 15.5. The molecule has 3 rings (SSSR count). The molecular weight excluding hydrogens is 314 g/mol. The third-order valence-corrected chi connectivity index (χ3v) is 4.63. The molecule has 25 heavy (non-hydrogen) atoms. The van der Waals surface area contributed by atoms with Crippen LogP contribution in [0.4, 0.5) is 10.6 Å². The van der Waals surface area contributed by atoms with Crippen LogP contribution in [0, 0.1) is 20.8 Å². The minimum absolute atomic E-state index is 0.181. The molecule has 0 saturated carbocycles. The Hall–Kier alpha value is -2.34. The number of nitrogens with zero attached hydrogens (tertiary/aromatic N) is 3. The highest BCUT2D eigenvalue weighted by Crippen LogP contribution is 2.18. The molecule has 0 spiro atoms. The van der Waals surface area contributed by atoms with E-state index in [0.29, 0.717) is 5.82 Å². The van der Waals surface area contributed by atoms with Gasteiger partial charge in [0.1, 0.15) is 0 Å². The molecule has 1 aromatic heterocycles. The predicted molar refractivity (Wildman–Crippen MR) is 100 cm³/mol. The van der Waals surface area contributed by atoms with Crippen molar-refractivity contribution in [3.63, 3.8) is 0 Å². The number of benzene rings is 1. The topological polar surface area (TPSA) is 62.2 Å². The second-order valence-electron chi connectivity index (χ2n) is 7.10. The van der Waals surface area contributed by atoms with Gasteiger partial charge in [-0.05, 0) is 77.0 Å². The van der Waals surface area contributed by atoms with Gasteiger partial charge in [0.25, 0.3) is 0 Å². The third kappa shape index (κ3) is 4.39. The van der Waals surface area contributed by atoms with Crippen LogP contribution >= 0.6 is 0 Å². The summed E-state index contributed by atoms with van der Waals surface area (Å²) < 4.78 is 1.87. The van der Waals surface area contributed by atoms with Gasteiger partial charge in [-0.25, -0.2) is 9.48 Å². The second-order valence-corrected chi connectivity index (χ2v) is 7.10. The minimum Gasteiger partial charge on any atom is -0.335 e. The van der Waals surface area contributed by atoms with Gasteiger partial charge in [-0.2, -0.15) is 0 Å². The Balaban J connectivity index is 1.67. The van der Waals surface area contributed by atoms with Crippen LogP contribution < -0.4 is 10.6 Å². The van der Waals surface area contributed by atoms with E-state index in [2.05, 4.69) is 59.7 Å². The molecule has 1 fully saturated rings. The van der Waals surface area contributed by atoms with Crippen molar-refractivity contribution in [2.45, 2.75) is 39.7 Å². The van der Waals surface area contributed by atoms with Crippen LogP contribution in [0.1, 0.15) is 29.7 Å². The second kappa shape index (κ2) is 7.27. The molecule has 0 bridgehead atoms. The fourth-order valence-electron chi connectivity index (χ4n) is 3.36. The molecule has 1 saturated heterocycles. The molecule has 1 aliphatic heterocycles. The number of amides is 2. The molecule has 0 unspecified atom stereocenters. The smallest absolute Gasteiger partial charge is 0.320 e. The first-order valence-corrected chi connectivity index (χ1v) is 8.82. The van der Waals surface area contributed by atoms with Crippen molar-refractivity contribution in [3.05, 3.63) is 41.1 Å². The van der Waals surface area contributed by atoms with Crippen LogP contribution in [0.15, 0.2) is 24.3 Å². The lowest BCUT2D eigenvalue weighted by Crippen LogP contribution is -2.44. The molecule has 1 aromatic carbocycles. The lowest BCUT2D eigenvalue weighted by Gasteiger charge is -2.29. The fourth-order valence-corrected chi connectivity index (χ4v) is 3.36. The Labute approximate surface area is 149 Å². The summed E-state index contributed by atoms with van der Waals surface area (Å²) in [5, 5.41) is 10.5. The number of hydrogen-bond donors (Lipinski definition) is 2. The molecule has 2 heterocycles. The molecule has 2 N–H and O–H groups in total. The molecule has 1 aliphatic rings. The highest BCUT2D eigenvalue weighted by Gasteiger charge is 2.19. The van der Waals surface area contributed by atoms with Gasteiger partial charge < -0.3 is 10.2 Å². The maximum atomic E-state index is 12.2. The zero-order chi connectivity index (χ0) is 18.0. The van der Waals surface area contributed by atoms with Crippen molar-refractivity contribution in [1.82, 2.24) is 20.0 Å². The molecule has 0 radical (unpaired) electrons. The summed E-state index contributed by atoms with van der Waals surface area (Å²) in [4.78, 5) is 14.5. The maximum Gasteiger partial charge on any atom is 0.320 e.